The molecule has 1 saturated heterocycles. The van der Waals surface area contributed by atoms with Gasteiger partial charge in [0.2, 0.25) is 5.91 Å². The van der Waals surface area contributed by atoms with Gasteiger partial charge in [-0.25, -0.2) is 4.98 Å². The van der Waals surface area contributed by atoms with Crippen molar-refractivity contribution in [3.05, 3.63) is 23.9 Å². The van der Waals surface area contributed by atoms with Gasteiger partial charge in [-0.2, -0.15) is 0 Å². The number of hydrogen-bond donors (Lipinski definition) is 2. The summed E-state index contributed by atoms with van der Waals surface area (Å²) in [7, 11) is 0. The number of carbonyl (C=O) groups is 1. The highest BCUT2D eigenvalue weighted by Crippen LogP contribution is 2.17. The number of pyridine rings is 1. The molecule has 0 bridgehead atoms. The molecule has 0 aliphatic carbocycles. The zero-order chi connectivity index (χ0) is 11.5. The van der Waals surface area contributed by atoms with Crippen molar-refractivity contribution in [2.45, 2.75) is 13.8 Å². The Hall–Kier alpha value is -1.13. The van der Waals surface area contributed by atoms with Crippen LogP contribution in [0.5, 0.6) is 0 Å². The van der Waals surface area contributed by atoms with Crippen molar-refractivity contribution in [3.8, 4) is 0 Å². The van der Waals surface area contributed by atoms with E-state index in [1.807, 2.05) is 19.1 Å². The molecule has 0 spiro atoms. The Balaban J connectivity index is 0.00000144. The molecule has 0 aromatic carbocycles. The van der Waals surface area contributed by atoms with Crippen LogP contribution in [0.3, 0.4) is 0 Å². The van der Waals surface area contributed by atoms with Gasteiger partial charge in [0.15, 0.2) is 0 Å². The van der Waals surface area contributed by atoms with E-state index < -0.39 is 0 Å². The molecule has 0 unspecified atom stereocenters. The number of aromatic nitrogens is 1. The van der Waals surface area contributed by atoms with E-state index in [-0.39, 0.29) is 24.2 Å². The Morgan fingerprint density at radius 2 is 2.24 bits per heavy atom. The van der Waals surface area contributed by atoms with Gasteiger partial charge in [-0.1, -0.05) is 13.0 Å². The van der Waals surface area contributed by atoms with Crippen molar-refractivity contribution in [3.63, 3.8) is 0 Å². The summed E-state index contributed by atoms with van der Waals surface area (Å²) in [5.41, 5.74) is 1.09. The number of carbonyl (C=O) groups excluding carboxylic acids is 1. The number of hydrogen-bond acceptors (Lipinski definition) is 3. The molecule has 1 aromatic rings. The van der Waals surface area contributed by atoms with Crippen LogP contribution in [0.25, 0.3) is 0 Å². The summed E-state index contributed by atoms with van der Waals surface area (Å²) in [5.74, 6) is 1.15. The van der Waals surface area contributed by atoms with Gasteiger partial charge in [-0.3, -0.25) is 4.79 Å². The second kappa shape index (κ2) is 5.98. The zero-order valence-corrected chi connectivity index (χ0v) is 10.9. The van der Waals surface area contributed by atoms with Gasteiger partial charge in [0.25, 0.3) is 0 Å². The van der Waals surface area contributed by atoms with Crippen LogP contribution in [0.2, 0.25) is 0 Å². The Morgan fingerprint density at radius 3 is 2.76 bits per heavy atom. The minimum atomic E-state index is 0. The molecule has 2 rings (SSSR count). The molecular weight excluding hydrogens is 238 g/mol. The molecule has 1 fully saturated rings. The SMILES string of the molecule is Cc1ccc(NC(=O)[C@@H]2CNC[C@H]2C)nc1.Cl. The third kappa shape index (κ3) is 3.41. The smallest absolute Gasteiger partial charge is 0.230 e. The van der Waals surface area contributed by atoms with Gasteiger partial charge in [0.05, 0.1) is 5.92 Å². The van der Waals surface area contributed by atoms with Crippen LogP contribution in [0, 0.1) is 18.8 Å². The standard InChI is InChI=1S/C12H17N3O.ClH/c1-8-3-4-11(14-5-8)15-12(16)10-7-13-6-9(10)2;/h3-5,9-10,13H,6-7H2,1-2H3,(H,14,15,16);1H/t9-,10-;/m1./s1. The van der Waals surface area contributed by atoms with E-state index in [0.29, 0.717) is 11.7 Å². The molecular formula is C12H18ClN3O. The molecule has 4 nitrogen and oxygen atoms in total. The predicted octanol–water partition coefficient (Wildman–Crippen LogP) is 1.61. The van der Waals surface area contributed by atoms with Crippen molar-refractivity contribution < 1.29 is 4.79 Å². The normalized spacial score (nSPS) is 22.9. The molecule has 2 heterocycles. The lowest BCUT2D eigenvalue weighted by molar-refractivity contribution is -0.120. The summed E-state index contributed by atoms with van der Waals surface area (Å²) >= 11 is 0. The Labute approximate surface area is 108 Å². The average molecular weight is 256 g/mol. The molecule has 2 atom stereocenters. The molecule has 1 aliphatic heterocycles. The molecule has 17 heavy (non-hydrogen) atoms. The average Bonchev–Trinajstić information content (AvgIpc) is 2.68. The van der Waals surface area contributed by atoms with Crippen molar-refractivity contribution in [2.75, 3.05) is 18.4 Å². The Bertz CT molecular complexity index is 380. The van der Waals surface area contributed by atoms with Crippen molar-refractivity contribution in [1.29, 1.82) is 0 Å². The molecule has 0 radical (unpaired) electrons. The van der Waals surface area contributed by atoms with Crippen LogP contribution in [0.1, 0.15) is 12.5 Å². The Kier molecular flexibility index (Phi) is 4.90. The highest BCUT2D eigenvalue weighted by atomic mass is 35.5. The highest BCUT2D eigenvalue weighted by Gasteiger charge is 2.29. The lowest BCUT2D eigenvalue weighted by Crippen LogP contribution is -2.28. The van der Waals surface area contributed by atoms with Gasteiger partial charge in [-0.15, -0.1) is 12.4 Å². The molecule has 2 N–H and O–H groups in total. The molecule has 1 amide bonds. The fraction of sp³-hybridized carbons (Fsp3) is 0.500. The van der Waals surface area contributed by atoms with E-state index in [0.717, 1.165) is 18.7 Å². The van der Waals surface area contributed by atoms with Gasteiger partial charge >= 0.3 is 0 Å². The largest absolute Gasteiger partial charge is 0.316 e. The fourth-order valence-corrected chi connectivity index (χ4v) is 1.92. The second-order valence-electron chi connectivity index (χ2n) is 4.45. The minimum absolute atomic E-state index is 0. The summed E-state index contributed by atoms with van der Waals surface area (Å²) in [6.45, 7) is 5.74. The number of aryl methyl sites for hydroxylation is 1. The topological polar surface area (TPSA) is 54.0 Å². The number of rotatable bonds is 2. The Morgan fingerprint density at radius 1 is 1.47 bits per heavy atom. The van der Waals surface area contributed by atoms with E-state index in [9.17, 15) is 4.79 Å². The van der Waals surface area contributed by atoms with Crippen LogP contribution in [0.4, 0.5) is 5.82 Å². The lowest BCUT2D eigenvalue weighted by atomic mass is 9.97. The fourth-order valence-electron chi connectivity index (χ4n) is 1.92. The first-order valence-electron chi connectivity index (χ1n) is 5.61. The third-order valence-electron chi connectivity index (χ3n) is 3.02. The maximum Gasteiger partial charge on any atom is 0.230 e. The highest BCUT2D eigenvalue weighted by molar-refractivity contribution is 5.92. The second-order valence-corrected chi connectivity index (χ2v) is 4.45. The number of nitrogens with zero attached hydrogens (tertiary/aromatic N) is 1. The van der Waals surface area contributed by atoms with Crippen LogP contribution in [-0.4, -0.2) is 24.0 Å². The first-order chi connectivity index (χ1) is 7.66. The van der Waals surface area contributed by atoms with Gasteiger partial charge in [0.1, 0.15) is 5.82 Å². The maximum absolute atomic E-state index is 11.9. The lowest BCUT2D eigenvalue weighted by Gasteiger charge is -2.13. The summed E-state index contributed by atoms with van der Waals surface area (Å²) in [4.78, 5) is 16.1. The van der Waals surface area contributed by atoms with Gasteiger partial charge in [-0.05, 0) is 31.0 Å². The monoisotopic (exact) mass is 255 g/mol. The van der Waals surface area contributed by atoms with Crippen LogP contribution in [0.15, 0.2) is 18.3 Å². The van der Waals surface area contributed by atoms with Crippen LogP contribution < -0.4 is 10.6 Å². The summed E-state index contributed by atoms with van der Waals surface area (Å²) in [6.07, 6.45) is 1.76. The minimum Gasteiger partial charge on any atom is -0.316 e. The van der Waals surface area contributed by atoms with Crippen LogP contribution in [-0.2, 0) is 4.79 Å². The summed E-state index contributed by atoms with van der Waals surface area (Å²) in [6, 6.07) is 3.78. The van der Waals surface area contributed by atoms with Gasteiger partial charge < -0.3 is 10.6 Å². The number of halogens is 1. The summed E-state index contributed by atoms with van der Waals surface area (Å²) < 4.78 is 0. The predicted molar refractivity (Wildman–Crippen MR) is 70.4 cm³/mol. The molecule has 94 valence electrons. The number of nitrogens with one attached hydrogen (secondary N) is 2. The van der Waals surface area contributed by atoms with Gasteiger partial charge in [0, 0.05) is 12.7 Å². The van der Waals surface area contributed by atoms with Crippen molar-refractivity contribution >= 4 is 24.1 Å². The molecule has 1 aliphatic rings. The van der Waals surface area contributed by atoms with E-state index in [4.69, 9.17) is 0 Å². The molecule has 0 saturated carbocycles. The first kappa shape index (κ1) is 13.9. The first-order valence-corrected chi connectivity index (χ1v) is 5.61. The van der Waals surface area contributed by atoms with Crippen molar-refractivity contribution in [1.82, 2.24) is 10.3 Å². The number of anilines is 1. The quantitative estimate of drug-likeness (QED) is 0.844. The third-order valence-corrected chi connectivity index (χ3v) is 3.02. The van der Waals surface area contributed by atoms with E-state index in [2.05, 4.69) is 22.5 Å². The molecule has 5 heteroatoms. The van der Waals surface area contributed by atoms with Crippen LogP contribution >= 0.6 is 12.4 Å². The molecule has 1 aromatic heterocycles. The van der Waals surface area contributed by atoms with E-state index in [1.165, 1.54) is 0 Å². The van der Waals surface area contributed by atoms with E-state index in [1.54, 1.807) is 6.20 Å². The number of amides is 1. The maximum atomic E-state index is 11.9. The van der Waals surface area contributed by atoms with Crippen molar-refractivity contribution in [2.24, 2.45) is 11.8 Å². The van der Waals surface area contributed by atoms with E-state index >= 15 is 0 Å². The zero-order valence-electron chi connectivity index (χ0n) is 10.1. The summed E-state index contributed by atoms with van der Waals surface area (Å²) in [5, 5.41) is 6.07.